The van der Waals surface area contributed by atoms with Crippen LogP contribution in [0.2, 0.25) is 5.02 Å². The molecule has 0 aromatic heterocycles. The first-order chi connectivity index (χ1) is 8.29. The predicted molar refractivity (Wildman–Crippen MR) is 73.2 cm³/mol. The van der Waals surface area contributed by atoms with E-state index >= 15 is 0 Å². The lowest BCUT2D eigenvalue weighted by atomic mass is 10.2. The summed E-state index contributed by atoms with van der Waals surface area (Å²) in [7, 11) is 0. The molecule has 0 radical (unpaired) electrons. The zero-order chi connectivity index (χ0) is 12.1. The Morgan fingerprint density at radius 3 is 3.06 bits per heavy atom. The second kappa shape index (κ2) is 6.62. The molecule has 94 valence electrons. The highest BCUT2D eigenvalue weighted by atomic mass is 79.9. The summed E-state index contributed by atoms with van der Waals surface area (Å²) in [5, 5.41) is 1.49. The van der Waals surface area contributed by atoms with Crippen LogP contribution in [-0.2, 0) is 10.1 Å². The highest BCUT2D eigenvalue weighted by molar-refractivity contribution is 9.08. The van der Waals surface area contributed by atoms with Gasteiger partial charge in [-0.25, -0.2) is 0 Å². The van der Waals surface area contributed by atoms with Gasteiger partial charge in [0.25, 0.3) is 0 Å². The summed E-state index contributed by atoms with van der Waals surface area (Å²) in [4.78, 5) is 0. The first kappa shape index (κ1) is 13.2. The second-order valence-electron chi connectivity index (χ2n) is 4.16. The minimum absolute atomic E-state index is 0.384. The van der Waals surface area contributed by atoms with Gasteiger partial charge in [0.1, 0.15) is 5.75 Å². The number of alkyl halides is 1. The summed E-state index contributed by atoms with van der Waals surface area (Å²) in [5.41, 5.74) is 1.09. The van der Waals surface area contributed by atoms with Crippen molar-refractivity contribution in [2.24, 2.45) is 0 Å². The Kier molecular flexibility index (Phi) is 5.14. The maximum absolute atomic E-state index is 5.94. The van der Waals surface area contributed by atoms with Crippen LogP contribution in [0.5, 0.6) is 5.75 Å². The maximum atomic E-state index is 5.94. The smallest absolute Gasteiger partial charge is 0.123 e. The number of halogens is 2. The number of ether oxygens (including phenoxy) is 2. The summed E-state index contributed by atoms with van der Waals surface area (Å²) in [6, 6.07) is 5.71. The van der Waals surface area contributed by atoms with Gasteiger partial charge < -0.3 is 9.47 Å². The summed E-state index contributed by atoms with van der Waals surface area (Å²) in [6.45, 7) is 1.60. The van der Waals surface area contributed by atoms with Crippen LogP contribution in [0.25, 0.3) is 0 Å². The van der Waals surface area contributed by atoms with Crippen molar-refractivity contribution in [3.8, 4) is 5.75 Å². The number of hydrogen-bond acceptors (Lipinski definition) is 2. The Bertz CT molecular complexity index is 364. The van der Waals surface area contributed by atoms with Crippen molar-refractivity contribution in [1.29, 1.82) is 0 Å². The number of benzene rings is 1. The molecule has 1 fully saturated rings. The molecule has 2 nitrogen and oxygen atoms in total. The maximum Gasteiger partial charge on any atom is 0.123 e. The van der Waals surface area contributed by atoms with E-state index in [1.807, 2.05) is 18.2 Å². The second-order valence-corrected chi connectivity index (χ2v) is 5.16. The first-order valence-corrected chi connectivity index (χ1v) is 7.38. The summed E-state index contributed by atoms with van der Waals surface area (Å²) < 4.78 is 11.3. The van der Waals surface area contributed by atoms with Gasteiger partial charge >= 0.3 is 0 Å². The molecule has 0 N–H and O–H groups in total. The molecular formula is C13H16BrClO2. The Balaban J connectivity index is 1.85. The van der Waals surface area contributed by atoms with Crippen molar-refractivity contribution in [3.63, 3.8) is 0 Å². The van der Waals surface area contributed by atoms with Crippen molar-refractivity contribution < 1.29 is 9.47 Å². The van der Waals surface area contributed by atoms with Crippen LogP contribution >= 0.6 is 27.5 Å². The van der Waals surface area contributed by atoms with Crippen molar-refractivity contribution in [2.45, 2.75) is 30.7 Å². The number of hydrogen-bond donors (Lipinski definition) is 0. The minimum atomic E-state index is 0.384. The van der Waals surface area contributed by atoms with E-state index in [1.165, 1.54) is 6.42 Å². The summed E-state index contributed by atoms with van der Waals surface area (Å²) in [5.74, 6) is 0.907. The molecule has 1 aliphatic rings. The molecule has 1 aromatic carbocycles. The Morgan fingerprint density at radius 2 is 2.35 bits per heavy atom. The van der Waals surface area contributed by atoms with E-state index in [-0.39, 0.29) is 0 Å². The molecule has 0 bridgehead atoms. The molecule has 1 aliphatic heterocycles. The van der Waals surface area contributed by atoms with Gasteiger partial charge in [-0.15, -0.1) is 0 Å². The third-order valence-corrected chi connectivity index (χ3v) is 3.73. The molecule has 0 spiro atoms. The van der Waals surface area contributed by atoms with E-state index in [0.29, 0.717) is 12.7 Å². The van der Waals surface area contributed by atoms with Crippen LogP contribution in [-0.4, -0.2) is 19.3 Å². The van der Waals surface area contributed by atoms with E-state index in [9.17, 15) is 0 Å². The molecule has 1 heterocycles. The molecule has 0 amide bonds. The Labute approximate surface area is 115 Å². The summed E-state index contributed by atoms with van der Waals surface area (Å²) >= 11 is 9.37. The van der Waals surface area contributed by atoms with Crippen molar-refractivity contribution >= 4 is 27.5 Å². The zero-order valence-corrected chi connectivity index (χ0v) is 12.0. The van der Waals surface area contributed by atoms with E-state index in [2.05, 4.69) is 15.9 Å². The van der Waals surface area contributed by atoms with Crippen molar-refractivity contribution in [1.82, 2.24) is 0 Å². The average molecular weight is 320 g/mol. The van der Waals surface area contributed by atoms with Crippen LogP contribution in [0, 0.1) is 0 Å². The molecule has 1 aromatic rings. The molecule has 4 heteroatoms. The Hall–Kier alpha value is -0.250. The van der Waals surface area contributed by atoms with Gasteiger partial charge in [0.2, 0.25) is 0 Å². The van der Waals surface area contributed by atoms with Crippen LogP contribution < -0.4 is 4.74 Å². The van der Waals surface area contributed by atoms with Crippen LogP contribution in [0.15, 0.2) is 18.2 Å². The fourth-order valence-corrected chi connectivity index (χ4v) is 2.60. The molecular weight excluding hydrogens is 303 g/mol. The third kappa shape index (κ3) is 3.87. The van der Waals surface area contributed by atoms with Crippen LogP contribution in [0.4, 0.5) is 0 Å². The highest BCUT2D eigenvalue weighted by Crippen LogP contribution is 2.25. The minimum Gasteiger partial charge on any atom is -0.493 e. The molecule has 1 saturated heterocycles. The normalized spacial score (nSPS) is 19.5. The Morgan fingerprint density at radius 1 is 1.47 bits per heavy atom. The topological polar surface area (TPSA) is 18.5 Å². The van der Waals surface area contributed by atoms with Gasteiger partial charge in [0, 0.05) is 28.9 Å². The highest BCUT2D eigenvalue weighted by Gasteiger charge is 2.15. The van der Waals surface area contributed by atoms with Crippen molar-refractivity contribution in [2.75, 3.05) is 13.2 Å². The van der Waals surface area contributed by atoms with Gasteiger partial charge in [0.05, 0.1) is 12.7 Å². The third-order valence-electron chi connectivity index (χ3n) is 2.89. The lowest BCUT2D eigenvalue weighted by molar-refractivity contribution is 0.0902. The van der Waals surface area contributed by atoms with Crippen LogP contribution in [0.1, 0.15) is 24.8 Å². The molecule has 0 aliphatic carbocycles. The molecule has 1 unspecified atom stereocenters. The lowest BCUT2D eigenvalue weighted by Gasteiger charge is -2.13. The monoisotopic (exact) mass is 318 g/mol. The predicted octanol–water partition coefficient (Wildman–Crippen LogP) is 4.18. The molecule has 1 atom stereocenters. The van der Waals surface area contributed by atoms with E-state index < -0.39 is 0 Å². The van der Waals surface area contributed by atoms with E-state index in [1.54, 1.807) is 0 Å². The average Bonchev–Trinajstić information content (AvgIpc) is 2.84. The van der Waals surface area contributed by atoms with Crippen molar-refractivity contribution in [3.05, 3.63) is 28.8 Å². The fourth-order valence-electron chi connectivity index (χ4n) is 1.97. The van der Waals surface area contributed by atoms with Crippen LogP contribution in [0.3, 0.4) is 0 Å². The fraction of sp³-hybridized carbons (Fsp3) is 0.538. The molecule has 2 rings (SSSR count). The van der Waals surface area contributed by atoms with E-state index in [0.717, 1.165) is 41.1 Å². The molecule has 0 saturated carbocycles. The lowest BCUT2D eigenvalue weighted by Crippen LogP contribution is -2.11. The van der Waals surface area contributed by atoms with Gasteiger partial charge in [-0.05, 0) is 31.0 Å². The standard InChI is InChI=1S/C13H16BrClO2/c14-9-10-8-11(15)3-4-13(10)17-7-5-12-2-1-6-16-12/h3-4,8,12H,1-2,5-7,9H2. The number of rotatable bonds is 5. The van der Waals surface area contributed by atoms with E-state index in [4.69, 9.17) is 21.1 Å². The zero-order valence-electron chi connectivity index (χ0n) is 9.62. The summed E-state index contributed by atoms with van der Waals surface area (Å²) in [6.07, 6.45) is 3.69. The van der Waals surface area contributed by atoms with Gasteiger partial charge in [0.15, 0.2) is 0 Å². The largest absolute Gasteiger partial charge is 0.493 e. The van der Waals surface area contributed by atoms with Gasteiger partial charge in [-0.1, -0.05) is 27.5 Å². The molecule has 17 heavy (non-hydrogen) atoms. The first-order valence-electron chi connectivity index (χ1n) is 5.88. The van der Waals surface area contributed by atoms with Gasteiger partial charge in [-0.3, -0.25) is 0 Å². The van der Waals surface area contributed by atoms with Gasteiger partial charge in [-0.2, -0.15) is 0 Å². The quantitative estimate of drug-likeness (QED) is 0.758. The SMILES string of the molecule is Clc1ccc(OCCC2CCCO2)c(CBr)c1.